The first-order chi connectivity index (χ1) is 8.24. The van der Waals surface area contributed by atoms with E-state index in [1.54, 1.807) is 6.92 Å². The van der Waals surface area contributed by atoms with Crippen LogP contribution in [0.1, 0.15) is 12.7 Å². The smallest absolute Gasteiger partial charge is 0.368 e. The van der Waals surface area contributed by atoms with E-state index in [1.807, 2.05) is 0 Å². The molecule has 0 spiro atoms. The summed E-state index contributed by atoms with van der Waals surface area (Å²) in [5.41, 5.74) is 4.99. The number of hydrogen-bond acceptors (Lipinski definition) is 4. The van der Waals surface area contributed by atoms with Crippen LogP contribution in [0, 0.1) is 0 Å². The molecule has 0 bridgehead atoms. The molecule has 0 unspecified atom stereocenters. The van der Waals surface area contributed by atoms with Gasteiger partial charge in [-0.1, -0.05) is 11.6 Å². The van der Waals surface area contributed by atoms with E-state index in [1.165, 1.54) is 4.90 Å². The average molecular weight is 283 g/mol. The normalized spacial score (nSPS) is 11.4. The lowest BCUT2D eigenvalue weighted by Gasteiger charge is -2.20. The molecule has 0 aliphatic heterocycles. The molecular weight excluding hydrogens is 273 g/mol. The number of primary amides is 1. The van der Waals surface area contributed by atoms with E-state index in [-0.39, 0.29) is 24.1 Å². The van der Waals surface area contributed by atoms with Crippen LogP contribution in [-0.4, -0.2) is 29.0 Å². The Morgan fingerprint density at radius 2 is 2.11 bits per heavy atom. The summed E-state index contributed by atoms with van der Waals surface area (Å²) in [7, 11) is 0. The van der Waals surface area contributed by atoms with Gasteiger partial charge in [-0.05, 0) is 6.92 Å². The van der Waals surface area contributed by atoms with Crippen molar-refractivity contribution >= 4 is 23.3 Å². The van der Waals surface area contributed by atoms with Gasteiger partial charge in [-0.15, -0.1) is 0 Å². The van der Waals surface area contributed by atoms with Crippen LogP contribution in [0.4, 0.5) is 19.0 Å². The van der Waals surface area contributed by atoms with Gasteiger partial charge in [0.15, 0.2) is 0 Å². The number of hydrogen-bond donors (Lipinski definition) is 1. The molecule has 2 N–H and O–H groups in total. The Labute approximate surface area is 106 Å². The molecule has 1 rings (SSSR count). The van der Waals surface area contributed by atoms with Crippen molar-refractivity contribution in [1.82, 2.24) is 9.97 Å². The van der Waals surface area contributed by atoms with Crippen molar-refractivity contribution in [2.45, 2.75) is 13.1 Å². The number of likely N-dealkylation sites (N-methyl/N-ethyl adjacent to an activating group) is 1. The number of alkyl halides is 3. The van der Waals surface area contributed by atoms with E-state index < -0.39 is 17.9 Å². The lowest BCUT2D eigenvalue weighted by Crippen LogP contribution is -2.34. The number of anilines is 1. The predicted molar refractivity (Wildman–Crippen MR) is 59.1 cm³/mol. The van der Waals surface area contributed by atoms with Gasteiger partial charge in [-0.2, -0.15) is 13.2 Å². The first kappa shape index (κ1) is 14.5. The van der Waals surface area contributed by atoms with Gasteiger partial charge < -0.3 is 10.6 Å². The molecule has 0 aliphatic rings. The van der Waals surface area contributed by atoms with Gasteiger partial charge in [-0.25, -0.2) is 9.97 Å². The number of nitrogens with zero attached hydrogens (tertiary/aromatic N) is 3. The molecule has 0 fully saturated rings. The minimum atomic E-state index is -4.70. The highest BCUT2D eigenvalue weighted by atomic mass is 35.5. The molecule has 1 amide bonds. The van der Waals surface area contributed by atoms with Gasteiger partial charge in [0.2, 0.25) is 11.7 Å². The Morgan fingerprint density at radius 1 is 1.50 bits per heavy atom. The Kier molecular flexibility index (Phi) is 4.33. The highest BCUT2D eigenvalue weighted by Crippen LogP contribution is 2.29. The summed E-state index contributed by atoms with van der Waals surface area (Å²) >= 11 is 5.50. The van der Waals surface area contributed by atoms with Crippen molar-refractivity contribution in [1.29, 1.82) is 0 Å². The third-order valence-electron chi connectivity index (χ3n) is 1.99. The second-order valence-electron chi connectivity index (χ2n) is 3.35. The lowest BCUT2D eigenvalue weighted by molar-refractivity contribution is -0.144. The van der Waals surface area contributed by atoms with Gasteiger partial charge in [0, 0.05) is 12.6 Å². The van der Waals surface area contributed by atoms with Crippen LogP contribution in [0.15, 0.2) is 6.07 Å². The van der Waals surface area contributed by atoms with E-state index in [2.05, 4.69) is 9.97 Å². The third kappa shape index (κ3) is 3.73. The van der Waals surface area contributed by atoms with Crippen LogP contribution in [-0.2, 0) is 11.0 Å². The SMILES string of the molecule is CCN(CC(N)=O)c1cc(Cl)nc(C(F)(F)F)n1. The van der Waals surface area contributed by atoms with Gasteiger partial charge in [-0.3, -0.25) is 4.79 Å². The monoisotopic (exact) mass is 282 g/mol. The van der Waals surface area contributed by atoms with Crippen LogP contribution in [0.3, 0.4) is 0 Å². The fourth-order valence-electron chi connectivity index (χ4n) is 1.24. The highest BCUT2D eigenvalue weighted by Gasteiger charge is 2.35. The molecule has 1 aromatic rings. The van der Waals surface area contributed by atoms with Crippen LogP contribution in [0.2, 0.25) is 5.15 Å². The van der Waals surface area contributed by atoms with Crippen LogP contribution >= 0.6 is 11.6 Å². The molecule has 0 aromatic carbocycles. The van der Waals surface area contributed by atoms with E-state index in [0.29, 0.717) is 0 Å². The standard InChI is InChI=1S/C9H10ClF3N4O/c1-2-17(4-6(14)18)7-3-5(10)15-8(16-7)9(11,12)13/h3H,2,4H2,1H3,(H2,14,18). The lowest BCUT2D eigenvalue weighted by atomic mass is 10.4. The molecule has 0 saturated heterocycles. The Balaban J connectivity index is 3.15. The zero-order valence-electron chi connectivity index (χ0n) is 9.33. The first-order valence-corrected chi connectivity index (χ1v) is 5.27. The van der Waals surface area contributed by atoms with Crippen molar-refractivity contribution in [2.75, 3.05) is 18.0 Å². The molecule has 0 atom stereocenters. The number of aromatic nitrogens is 2. The summed E-state index contributed by atoms with van der Waals surface area (Å²) in [6.07, 6.45) is -4.70. The van der Waals surface area contributed by atoms with Gasteiger partial charge in [0.1, 0.15) is 11.0 Å². The van der Waals surface area contributed by atoms with Crippen molar-refractivity contribution in [3.8, 4) is 0 Å². The largest absolute Gasteiger partial charge is 0.451 e. The zero-order chi connectivity index (χ0) is 13.9. The summed E-state index contributed by atoms with van der Waals surface area (Å²) in [4.78, 5) is 18.5. The molecule has 0 aliphatic carbocycles. The molecule has 100 valence electrons. The van der Waals surface area contributed by atoms with E-state index in [9.17, 15) is 18.0 Å². The van der Waals surface area contributed by atoms with Gasteiger partial charge in [0.25, 0.3) is 0 Å². The van der Waals surface area contributed by atoms with E-state index in [0.717, 1.165) is 6.07 Å². The first-order valence-electron chi connectivity index (χ1n) is 4.89. The molecule has 0 radical (unpaired) electrons. The summed E-state index contributed by atoms with van der Waals surface area (Å²) in [6.45, 7) is 1.65. The summed E-state index contributed by atoms with van der Waals surface area (Å²) < 4.78 is 37.5. The van der Waals surface area contributed by atoms with Crippen molar-refractivity contribution in [2.24, 2.45) is 5.73 Å². The molecule has 5 nitrogen and oxygen atoms in total. The summed E-state index contributed by atoms with van der Waals surface area (Å²) in [5.74, 6) is -2.13. The fourth-order valence-corrected chi connectivity index (χ4v) is 1.42. The minimum Gasteiger partial charge on any atom is -0.368 e. The Bertz CT molecular complexity index is 452. The van der Waals surface area contributed by atoms with E-state index in [4.69, 9.17) is 17.3 Å². The highest BCUT2D eigenvalue weighted by molar-refractivity contribution is 6.29. The van der Waals surface area contributed by atoms with Gasteiger partial charge >= 0.3 is 6.18 Å². The maximum absolute atomic E-state index is 12.5. The molecule has 18 heavy (non-hydrogen) atoms. The average Bonchev–Trinajstić information content (AvgIpc) is 2.23. The number of nitrogens with two attached hydrogens (primary N) is 1. The summed E-state index contributed by atoms with van der Waals surface area (Å²) in [6, 6.07) is 1.14. The molecular formula is C9H10ClF3N4O. The van der Waals surface area contributed by atoms with Crippen molar-refractivity contribution in [3.05, 3.63) is 17.0 Å². The quantitative estimate of drug-likeness (QED) is 0.849. The number of rotatable bonds is 4. The van der Waals surface area contributed by atoms with Crippen LogP contribution in [0.25, 0.3) is 0 Å². The van der Waals surface area contributed by atoms with Crippen LogP contribution < -0.4 is 10.6 Å². The maximum atomic E-state index is 12.5. The predicted octanol–water partition coefficient (Wildman–Crippen LogP) is 1.46. The molecule has 1 heterocycles. The number of halogens is 4. The third-order valence-corrected chi connectivity index (χ3v) is 2.18. The molecule has 1 aromatic heterocycles. The molecule has 0 saturated carbocycles. The Morgan fingerprint density at radius 3 is 2.56 bits per heavy atom. The number of amides is 1. The fraction of sp³-hybridized carbons (Fsp3) is 0.444. The summed E-state index contributed by atoms with van der Waals surface area (Å²) in [5, 5.41) is -0.352. The minimum absolute atomic E-state index is 0.0939. The molecule has 9 heteroatoms. The zero-order valence-corrected chi connectivity index (χ0v) is 10.1. The Hall–Kier alpha value is -1.57. The second-order valence-corrected chi connectivity index (χ2v) is 3.74. The van der Waals surface area contributed by atoms with Gasteiger partial charge in [0.05, 0.1) is 6.54 Å². The number of carbonyl (C=O) groups is 1. The van der Waals surface area contributed by atoms with Crippen molar-refractivity contribution in [3.63, 3.8) is 0 Å². The van der Waals surface area contributed by atoms with Crippen molar-refractivity contribution < 1.29 is 18.0 Å². The van der Waals surface area contributed by atoms with E-state index >= 15 is 0 Å². The van der Waals surface area contributed by atoms with Crippen LogP contribution in [0.5, 0.6) is 0 Å². The maximum Gasteiger partial charge on any atom is 0.451 e. The topological polar surface area (TPSA) is 72.1 Å². The number of carbonyl (C=O) groups excluding carboxylic acids is 1. The second kappa shape index (κ2) is 5.38.